The van der Waals surface area contributed by atoms with Crippen LogP contribution in [-0.2, 0) is 7.05 Å². The van der Waals surface area contributed by atoms with E-state index in [4.69, 9.17) is 4.74 Å². The first-order chi connectivity index (χ1) is 7.72. The normalized spacial score (nSPS) is 10.6. The van der Waals surface area contributed by atoms with Crippen molar-refractivity contribution in [2.75, 3.05) is 11.0 Å². The van der Waals surface area contributed by atoms with Crippen LogP contribution >= 0.6 is 22.6 Å². The van der Waals surface area contributed by atoms with E-state index in [1.807, 2.05) is 24.3 Å². The molecule has 0 bridgehead atoms. The van der Waals surface area contributed by atoms with E-state index in [0.717, 1.165) is 21.1 Å². The third kappa shape index (κ3) is 2.21. The number of aromatic nitrogens is 1. The highest BCUT2D eigenvalue weighted by atomic mass is 127. The molecule has 0 aliphatic carbocycles. The average molecular weight is 329 g/mol. The highest BCUT2D eigenvalue weighted by Gasteiger charge is 2.00. The van der Waals surface area contributed by atoms with Gasteiger partial charge >= 0.3 is 0 Å². The van der Waals surface area contributed by atoms with E-state index >= 15 is 0 Å². The van der Waals surface area contributed by atoms with Gasteiger partial charge in [-0.15, -0.1) is 0 Å². The van der Waals surface area contributed by atoms with Crippen LogP contribution in [0.2, 0.25) is 0 Å². The summed E-state index contributed by atoms with van der Waals surface area (Å²) in [4.78, 5) is 11.4. The zero-order valence-corrected chi connectivity index (χ0v) is 11.1. The van der Waals surface area contributed by atoms with Crippen molar-refractivity contribution < 1.29 is 4.74 Å². The third-order valence-corrected chi connectivity index (χ3v) is 2.88. The molecule has 0 spiro atoms. The maximum atomic E-state index is 11.4. The summed E-state index contributed by atoms with van der Waals surface area (Å²) in [5, 5.41) is 1.02. The van der Waals surface area contributed by atoms with Crippen molar-refractivity contribution in [3.05, 3.63) is 40.7 Å². The fourth-order valence-corrected chi connectivity index (χ4v) is 1.83. The number of pyridine rings is 1. The third-order valence-electron chi connectivity index (χ3n) is 2.44. The Balaban J connectivity index is 2.48. The van der Waals surface area contributed by atoms with E-state index < -0.39 is 0 Å². The van der Waals surface area contributed by atoms with Crippen LogP contribution in [0.15, 0.2) is 35.1 Å². The number of hydrogen-bond donors (Lipinski definition) is 0. The summed E-state index contributed by atoms with van der Waals surface area (Å²) >= 11 is 2.27. The maximum Gasteiger partial charge on any atom is 0.250 e. The van der Waals surface area contributed by atoms with Gasteiger partial charge in [-0.3, -0.25) is 4.79 Å². The lowest BCUT2D eigenvalue weighted by molar-refractivity contribution is 0.347. The molecule has 0 saturated carbocycles. The van der Waals surface area contributed by atoms with Gasteiger partial charge in [-0.05, 0) is 24.3 Å². The number of benzene rings is 1. The van der Waals surface area contributed by atoms with Gasteiger partial charge in [0.05, 0.1) is 12.1 Å². The Hall–Kier alpha value is -1.04. The van der Waals surface area contributed by atoms with E-state index in [2.05, 4.69) is 22.6 Å². The minimum absolute atomic E-state index is 0.00781. The molecule has 0 fully saturated rings. The Labute approximate surface area is 107 Å². The topological polar surface area (TPSA) is 31.2 Å². The lowest BCUT2D eigenvalue weighted by atomic mass is 10.2. The van der Waals surface area contributed by atoms with Crippen LogP contribution < -0.4 is 10.3 Å². The Morgan fingerprint density at radius 2 is 2.12 bits per heavy atom. The predicted octanol–water partition coefficient (Wildman–Crippen LogP) is 2.35. The maximum absolute atomic E-state index is 11.4. The molecule has 0 radical (unpaired) electrons. The van der Waals surface area contributed by atoms with Gasteiger partial charge in [0.1, 0.15) is 5.75 Å². The Bertz CT molecular complexity index is 562. The van der Waals surface area contributed by atoms with Crippen molar-refractivity contribution in [3.63, 3.8) is 0 Å². The van der Waals surface area contributed by atoms with E-state index in [-0.39, 0.29) is 5.56 Å². The van der Waals surface area contributed by atoms with Crippen molar-refractivity contribution in [1.82, 2.24) is 4.57 Å². The molecule has 2 rings (SSSR count). The number of alkyl halides is 1. The summed E-state index contributed by atoms with van der Waals surface area (Å²) in [7, 11) is 1.77. The van der Waals surface area contributed by atoms with E-state index in [9.17, 15) is 4.79 Å². The molecule has 0 aliphatic rings. The van der Waals surface area contributed by atoms with E-state index in [0.29, 0.717) is 6.61 Å². The Morgan fingerprint density at radius 1 is 1.31 bits per heavy atom. The Kier molecular flexibility index (Phi) is 3.48. The zero-order valence-electron chi connectivity index (χ0n) is 8.94. The summed E-state index contributed by atoms with van der Waals surface area (Å²) in [5.41, 5.74) is 0.933. The number of halogens is 1. The lowest BCUT2D eigenvalue weighted by Crippen LogP contribution is -2.14. The van der Waals surface area contributed by atoms with Crippen molar-refractivity contribution >= 4 is 33.5 Å². The average Bonchev–Trinajstić information content (AvgIpc) is 2.31. The van der Waals surface area contributed by atoms with Crippen molar-refractivity contribution in [1.29, 1.82) is 0 Å². The van der Waals surface area contributed by atoms with Crippen LogP contribution in [0.5, 0.6) is 5.75 Å². The monoisotopic (exact) mass is 329 g/mol. The molecule has 16 heavy (non-hydrogen) atoms. The summed E-state index contributed by atoms with van der Waals surface area (Å²) in [6, 6.07) is 9.17. The van der Waals surface area contributed by atoms with E-state index in [1.165, 1.54) is 0 Å². The van der Waals surface area contributed by atoms with Crippen LogP contribution in [-0.4, -0.2) is 15.6 Å². The summed E-state index contributed by atoms with van der Waals surface area (Å²) < 4.78 is 8.14. The molecule has 0 aliphatic heterocycles. The van der Waals surface area contributed by atoms with Crippen molar-refractivity contribution in [2.45, 2.75) is 0 Å². The minimum Gasteiger partial charge on any atom is -0.493 e. The molecule has 1 aromatic heterocycles. The largest absolute Gasteiger partial charge is 0.493 e. The quantitative estimate of drug-likeness (QED) is 0.639. The van der Waals surface area contributed by atoms with Gasteiger partial charge in [-0.1, -0.05) is 22.6 Å². The smallest absolute Gasteiger partial charge is 0.250 e. The molecule has 4 heteroatoms. The second-order valence-electron chi connectivity index (χ2n) is 3.49. The molecule has 0 atom stereocenters. The summed E-state index contributed by atoms with van der Waals surface area (Å²) in [6.07, 6.45) is 0. The molecule has 84 valence electrons. The summed E-state index contributed by atoms with van der Waals surface area (Å²) in [6.45, 7) is 0.706. The minimum atomic E-state index is 0.00781. The van der Waals surface area contributed by atoms with Crippen LogP contribution in [0.4, 0.5) is 0 Å². The molecule has 0 amide bonds. The molecule has 2 aromatic rings. The van der Waals surface area contributed by atoms with Crippen molar-refractivity contribution in [2.24, 2.45) is 7.05 Å². The predicted molar refractivity (Wildman–Crippen MR) is 73.6 cm³/mol. The number of aryl methyl sites for hydroxylation is 1. The molecule has 0 N–H and O–H groups in total. The first-order valence-corrected chi connectivity index (χ1v) is 6.53. The van der Waals surface area contributed by atoms with E-state index in [1.54, 1.807) is 17.7 Å². The number of hydrogen-bond acceptors (Lipinski definition) is 2. The standard InChI is InChI=1S/C12H12INO2/c1-14-11-4-3-10(16-7-6-13)8-9(11)2-5-12(14)15/h2-5,8H,6-7H2,1H3. The van der Waals surface area contributed by atoms with Gasteiger partial charge in [-0.2, -0.15) is 0 Å². The Morgan fingerprint density at radius 3 is 2.88 bits per heavy atom. The van der Waals surface area contributed by atoms with Crippen LogP contribution in [0.3, 0.4) is 0 Å². The highest BCUT2D eigenvalue weighted by Crippen LogP contribution is 2.19. The summed E-state index contributed by atoms with van der Waals surface area (Å²) in [5.74, 6) is 0.850. The molecule has 1 heterocycles. The van der Waals surface area contributed by atoms with Gasteiger partial charge in [0, 0.05) is 22.9 Å². The first kappa shape index (κ1) is 11.4. The van der Waals surface area contributed by atoms with Gasteiger partial charge in [-0.25, -0.2) is 0 Å². The fourth-order valence-electron chi connectivity index (χ4n) is 1.61. The molecule has 3 nitrogen and oxygen atoms in total. The number of fused-ring (bicyclic) bond motifs is 1. The second-order valence-corrected chi connectivity index (χ2v) is 4.57. The fraction of sp³-hybridized carbons (Fsp3) is 0.250. The van der Waals surface area contributed by atoms with Crippen LogP contribution in [0.1, 0.15) is 0 Å². The molecule has 1 aromatic carbocycles. The van der Waals surface area contributed by atoms with Gasteiger partial charge < -0.3 is 9.30 Å². The number of nitrogens with zero attached hydrogens (tertiary/aromatic N) is 1. The molecular formula is C12H12INO2. The molecule has 0 saturated heterocycles. The van der Waals surface area contributed by atoms with Crippen LogP contribution in [0.25, 0.3) is 10.9 Å². The number of ether oxygens (including phenoxy) is 1. The number of rotatable bonds is 3. The molecular weight excluding hydrogens is 317 g/mol. The SMILES string of the molecule is Cn1c(=O)ccc2cc(OCCI)ccc21. The highest BCUT2D eigenvalue weighted by molar-refractivity contribution is 14.1. The molecule has 0 unspecified atom stereocenters. The van der Waals surface area contributed by atoms with Gasteiger partial charge in [0.15, 0.2) is 0 Å². The van der Waals surface area contributed by atoms with Crippen LogP contribution in [0, 0.1) is 0 Å². The zero-order chi connectivity index (χ0) is 11.5. The first-order valence-electron chi connectivity index (χ1n) is 5.01. The van der Waals surface area contributed by atoms with Gasteiger partial charge in [0.2, 0.25) is 0 Å². The second kappa shape index (κ2) is 4.86. The van der Waals surface area contributed by atoms with Crippen molar-refractivity contribution in [3.8, 4) is 5.75 Å². The van der Waals surface area contributed by atoms with Gasteiger partial charge in [0.25, 0.3) is 5.56 Å². The lowest BCUT2D eigenvalue weighted by Gasteiger charge is -2.07.